The van der Waals surface area contributed by atoms with Crippen LogP contribution in [-0.4, -0.2) is 5.91 Å². The molecule has 1 aromatic rings. The first kappa shape index (κ1) is 15.5. The first-order valence-corrected chi connectivity index (χ1v) is 7.51. The molecule has 0 heterocycles. The molecule has 100 valence electrons. The minimum Gasteiger partial charge on any atom is -0.326 e. The summed E-state index contributed by atoms with van der Waals surface area (Å²) >= 11 is 9.27. The molecule has 0 aromatic heterocycles. The Kier molecular flexibility index (Phi) is 6.72. The highest BCUT2D eigenvalue weighted by molar-refractivity contribution is 9.10. The van der Waals surface area contributed by atoms with E-state index in [1.165, 1.54) is 0 Å². The van der Waals surface area contributed by atoms with Crippen molar-refractivity contribution in [3.8, 4) is 0 Å². The van der Waals surface area contributed by atoms with E-state index in [-0.39, 0.29) is 11.8 Å². The minimum absolute atomic E-state index is 0.105. The van der Waals surface area contributed by atoms with Crippen molar-refractivity contribution in [2.24, 2.45) is 5.92 Å². The van der Waals surface area contributed by atoms with Gasteiger partial charge in [0.2, 0.25) is 5.91 Å². The molecule has 1 amide bonds. The highest BCUT2D eigenvalue weighted by Crippen LogP contribution is 2.26. The first-order chi connectivity index (χ1) is 8.58. The molecular formula is C14H19BrClNO. The van der Waals surface area contributed by atoms with Crippen molar-refractivity contribution in [2.75, 3.05) is 5.32 Å². The Morgan fingerprint density at radius 3 is 2.44 bits per heavy atom. The van der Waals surface area contributed by atoms with Crippen molar-refractivity contribution in [1.82, 2.24) is 0 Å². The minimum atomic E-state index is 0.105. The first-order valence-electron chi connectivity index (χ1n) is 6.34. The molecule has 1 rings (SSSR count). The normalized spacial score (nSPS) is 10.7. The SMILES string of the molecule is CCCC(CCC)C(=O)Nc1ccc(Cl)c(Br)c1. The second-order valence-electron chi connectivity index (χ2n) is 4.39. The van der Waals surface area contributed by atoms with Crippen molar-refractivity contribution < 1.29 is 4.79 Å². The lowest BCUT2D eigenvalue weighted by Crippen LogP contribution is -2.22. The largest absolute Gasteiger partial charge is 0.326 e. The van der Waals surface area contributed by atoms with Crippen molar-refractivity contribution in [3.05, 3.63) is 27.7 Å². The molecule has 0 fully saturated rings. The number of carbonyl (C=O) groups excluding carboxylic acids is 1. The number of nitrogens with one attached hydrogen (secondary N) is 1. The molecule has 0 radical (unpaired) electrons. The number of carbonyl (C=O) groups is 1. The van der Waals surface area contributed by atoms with E-state index >= 15 is 0 Å². The number of rotatable bonds is 6. The van der Waals surface area contributed by atoms with Crippen molar-refractivity contribution >= 4 is 39.1 Å². The summed E-state index contributed by atoms with van der Waals surface area (Å²) in [6, 6.07) is 5.42. The molecular weight excluding hydrogens is 314 g/mol. The Labute approximate surface area is 122 Å². The zero-order chi connectivity index (χ0) is 13.5. The number of halogens is 2. The van der Waals surface area contributed by atoms with Crippen molar-refractivity contribution in [1.29, 1.82) is 0 Å². The molecule has 0 saturated heterocycles. The van der Waals surface area contributed by atoms with E-state index in [9.17, 15) is 4.79 Å². The maximum Gasteiger partial charge on any atom is 0.227 e. The summed E-state index contributed by atoms with van der Waals surface area (Å²) in [7, 11) is 0. The summed E-state index contributed by atoms with van der Waals surface area (Å²) in [6.07, 6.45) is 3.94. The van der Waals surface area contributed by atoms with E-state index < -0.39 is 0 Å². The fourth-order valence-corrected chi connectivity index (χ4v) is 2.42. The number of hydrogen-bond acceptors (Lipinski definition) is 1. The Morgan fingerprint density at radius 2 is 1.94 bits per heavy atom. The standard InChI is InChI=1S/C14H19BrClNO/c1-3-5-10(6-4-2)14(18)17-11-7-8-13(16)12(15)9-11/h7-10H,3-6H2,1-2H3,(H,17,18). The molecule has 0 spiro atoms. The van der Waals surface area contributed by atoms with Gasteiger partial charge in [-0.05, 0) is 47.0 Å². The molecule has 4 heteroatoms. The Bertz CT molecular complexity index is 403. The van der Waals surface area contributed by atoms with Crippen LogP contribution in [0.1, 0.15) is 39.5 Å². The van der Waals surface area contributed by atoms with E-state index in [4.69, 9.17) is 11.6 Å². The van der Waals surface area contributed by atoms with Crippen LogP contribution in [0, 0.1) is 5.92 Å². The maximum absolute atomic E-state index is 12.1. The summed E-state index contributed by atoms with van der Waals surface area (Å²) in [5, 5.41) is 3.60. The third-order valence-electron chi connectivity index (χ3n) is 2.83. The summed E-state index contributed by atoms with van der Waals surface area (Å²) in [6.45, 7) is 4.21. The zero-order valence-corrected chi connectivity index (χ0v) is 13.1. The van der Waals surface area contributed by atoms with Gasteiger partial charge in [-0.3, -0.25) is 4.79 Å². The van der Waals surface area contributed by atoms with Gasteiger partial charge in [-0.25, -0.2) is 0 Å². The van der Waals surface area contributed by atoms with Crippen LogP contribution in [0.3, 0.4) is 0 Å². The maximum atomic E-state index is 12.1. The number of amides is 1. The lowest BCUT2D eigenvalue weighted by molar-refractivity contribution is -0.120. The van der Waals surface area contributed by atoms with Crippen LogP contribution >= 0.6 is 27.5 Å². The predicted octanol–water partition coefficient (Wildman–Crippen LogP) is 5.26. The van der Waals surface area contributed by atoms with Gasteiger partial charge in [0, 0.05) is 16.1 Å². The van der Waals surface area contributed by atoms with Crippen LogP contribution < -0.4 is 5.32 Å². The molecule has 18 heavy (non-hydrogen) atoms. The highest BCUT2D eigenvalue weighted by atomic mass is 79.9. The van der Waals surface area contributed by atoms with E-state index in [0.717, 1.165) is 35.8 Å². The Morgan fingerprint density at radius 1 is 1.33 bits per heavy atom. The molecule has 0 saturated carbocycles. The fraction of sp³-hybridized carbons (Fsp3) is 0.500. The molecule has 1 aromatic carbocycles. The second kappa shape index (κ2) is 7.80. The number of hydrogen-bond donors (Lipinski definition) is 1. The number of benzene rings is 1. The van der Waals surface area contributed by atoms with E-state index in [1.807, 2.05) is 12.1 Å². The fourth-order valence-electron chi connectivity index (χ4n) is 1.92. The third kappa shape index (κ3) is 4.62. The quantitative estimate of drug-likeness (QED) is 0.756. The highest BCUT2D eigenvalue weighted by Gasteiger charge is 2.16. The lowest BCUT2D eigenvalue weighted by Gasteiger charge is -2.15. The smallest absolute Gasteiger partial charge is 0.227 e. The lowest BCUT2D eigenvalue weighted by atomic mass is 9.97. The van der Waals surface area contributed by atoms with Crippen molar-refractivity contribution in [2.45, 2.75) is 39.5 Å². The van der Waals surface area contributed by atoms with Gasteiger partial charge in [-0.15, -0.1) is 0 Å². The van der Waals surface area contributed by atoms with E-state index in [0.29, 0.717) is 5.02 Å². The van der Waals surface area contributed by atoms with Crippen LogP contribution in [-0.2, 0) is 4.79 Å². The molecule has 0 unspecified atom stereocenters. The van der Waals surface area contributed by atoms with Gasteiger partial charge in [0.25, 0.3) is 0 Å². The summed E-state index contributed by atoms with van der Waals surface area (Å²) in [5.41, 5.74) is 0.786. The van der Waals surface area contributed by atoms with Gasteiger partial charge in [-0.1, -0.05) is 38.3 Å². The second-order valence-corrected chi connectivity index (χ2v) is 5.65. The Hall–Kier alpha value is -0.540. The van der Waals surface area contributed by atoms with Crippen LogP contribution in [0.15, 0.2) is 22.7 Å². The summed E-state index contributed by atoms with van der Waals surface area (Å²) in [5.74, 6) is 0.211. The summed E-state index contributed by atoms with van der Waals surface area (Å²) in [4.78, 5) is 12.1. The number of anilines is 1. The molecule has 1 N–H and O–H groups in total. The molecule has 2 nitrogen and oxygen atoms in total. The van der Waals surface area contributed by atoms with Gasteiger partial charge in [-0.2, -0.15) is 0 Å². The topological polar surface area (TPSA) is 29.1 Å². The van der Waals surface area contributed by atoms with Gasteiger partial charge in [0.1, 0.15) is 0 Å². The Balaban J connectivity index is 2.69. The van der Waals surface area contributed by atoms with Gasteiger partial charge >= 0.3 is 0 Å². The van der Waals surface area contributed by atoms with Crippen LogP contribution in [0.25, 0.3) is 0 Å². The predicted molar refractivity (Wildman–Crippen MR) is 81.1 cm³/mol. The van der Waals surface area contributed by atoms with E-state index in [1.54, 1.807) is 6.07 Å². The molecule has 0 aliphatic heterocycles. The molecule has 0 atom stereocenters. The van der Waals surface area contributed by atoms with Crippen molar-refractivity contribution in [3.63, 3.8) is 0 Å². The average Bonchev–Trinajstić information content (AvgIpc) is 2.33. The van der Waals surface area contributed by atoms with Gasteiger partial charge in [0.05, 0.1) is 5.02 Å². The van der Waals surface area contributed by atoms with Gasteiger partial charge in [0.15, 0.2) is 0 Å². The van der Waals surface area contributed by atoms with Crippen LogP contribution in [0.5, 0.6) is 0 Å². The third-order valence-corrected chi connectivity index (χ3v) is 4.05. The zero-order valence-electron chi connectivity index (χ0n) is 10.8. The molecule has 0 bridgehead atoms. The molecule has 0 aliphatic carbocycles. The van der Waals surface area contributed by atoms with Crippen LogP contribution in [0.4, 0.5) is 5.69 Å². The summed E-state index contributed by atoms with van der Waals surface area (Å²) < 4.78 is 0.796. The van der Waals surface area contributed by atoms with Gasteiger partial charge < -0.3 is 5.32 Å². The molecule has 0 aliphatic rings. The van der Waals surface area contributed by atoms with E-state index in [2.05, 4.69) is 35.1 Å². The monoisotopic (exact) mass is 331 g/mol. The van der Waals surface area contributed by atoms with Crippen LogP contribution in [0.2, 0.25) is 5.02 Å². The average molecular weight is 333 g/mol.